The van der Waals surface area contributed by atoms with E-state index in [1.165, 1.54) is 6.07 Å². The van der Waals surface area contributed by atoms with Crippen LogP contribution in [0, 0.1) is 0 Å². The zero-order chi connectivity index (χ0) is 18.2. The van der Waals surface area contributed by atoms with Crippen molar-refractivity contribution in [2.24, 2.45) is 4.40 Å². The second-order valence-corrected chi connectivity index (χ2v) is 8.51. The zero-order valence-corrected chi connectivity index (χ0v) is 16.0. The summed E-state index contributed by atoms with van der Waals surface area (Å²) in [4.78, 5) is 14.4. The highest BCUT2D eigenvalue weighted by atomic mass is 35.5. The summed E-state index contributed by atoms with van der Waals surface area (Å²) in [7, 11) is -3.83. The van der Waals surface area contributed by atoms with Gasteiger partial charge in [0.1, 0.15) is 10.7 Å². The second kappa shape index (κ2) is 6.96. The molecule has 25 heavy (non-hydrogen) atoms. The standard InChI is InChI=1S/C17H22ClN3O3S/c1-3-11(2)19-17(22)12-9-15-14(10-13(12)18)21-8-6-4-5-7-16(21)20-25(15,23)24/h9-11H,3-8H2,1-2H3,(H,19,22). The summed E-state index contributed by atoms with van der Waals surface area (Å²) in [6.45, 7) is 4.55. The van der Waals surface area contributed by atoms with E-state index in [0.29, 0.717) is 24.5 Å². The van der Waals surface area contributed by atoms with E-state index in [9.17, 15) is 13.2 Å². The van der Waals surface area contributed by atoms with Gasteiger partial charge in [0.2, 0.25) is 0 Å². The third kappa shape index (κ3) is 3.53. The number of sulfonamides is 1. The first-order valence-corrected chi connectivity index (χ1v) is 10.4. The van der Waals surface area contributed by atoms with E-state index < -0.39 is 10.0 Å². The Labute approximate surface area is 153 Å². The topological polar surface area (TPSA) is 78.8 Å². The van der Waals surface area contributed by atoms with Gasteiger partial charge in [0, 0.05) is 19.0 Å². The largest absolute Gasteiger partial charge is 0.350 e. The van der Waals surface area contributed by atoms with Crippen molar-refractivity contribution in [2.75, 3.05) is 11.4 Å². The van der Waals surface area contributed by atoms with Crippen molar-refractivity contribution < 1.29 is 13.2 Å². The molecule has 0 aliphatic carbocycles. The molecule has 0 bridgehead atoms. The first-order chi connectivity index (χ1) is 11.8. The second-order valence-electron chi connectivity index (χ2n) is 6.53. The van der Waals surface area contributed by atoms with Crippen LogP contribution in [0.3, 0.4) is 0 Å². The number of nitrogens with one attached hydrogen (secondary N) is 1. The molecule has 1 saturated heterocycles. The molecule has 1 aromatic carbocycles. The van der Waals surface area contributed by atoms with Gasteiger partial charge in [-0.25, -0.2) is 0 Å². The highest BCUT2D eigenvalue weighted by Gasteiger charge is 2.33. The number of hydrogen-bond acceptors (Lipinski definition) is 4. The molecule has 2 heterocycles. The number of carbonyl (C=O) groups is 1. The number of carbonyl (C=O) groups excluding carboxylic acids is 1. The van der Waals surface area contributed by atoms with Crippen LogP contribution in [0.25, 0.3) is 0 Å². The molecule has 1 N–H and O–H groups in total. The molecule has 8 heteroatoms. The maximum absolute atomic E-state index is 12.6. The number of hydrogen-bond donors (Lipinski definition) is 1. The van der Waals surface area contributed by atoms with Crippen LogP contribution in [0.15, 0.2) is 21.4 Å². The predicted molar refractivity (Wildman–Crippen MR) is 99.1 cm³/mol. The third-order valence-corrected chi connectivity index (χ3v) is 6.32. The van der Waals surface area contributed by atoms with Gasteiger partial charge < -0.3 is 10.2 Å². The van der Waals surface area contributed by atoms with E-state index in [1.807, 2.05) is 18.7 Å². The smallest absolute Gasteiger partial charge is 0.286 e. The Morgan fingerprint density at radius 2 is 2.12 bits per heavy atom. The normalized spacial score (nSPS) is 20.0. The number of fused-ring (bicyclic) bond motifs is 3. The lowest BCUT2D eigenvalue weighted by Crippen LogP contribution is -2.36. The van der Waals surface area contributed by atoms with Crippen LogP contribution in [0.5, 0.6) is 0 Å². The molecule has 0 spiro atoms. The van der Waals surface area contributed by atoms with Crippen molar-refractivity contribution in [3.05, 3.63) is 22.7 Å². The van der Waals surface area contributed by atoms with Crippen LogP contribution in [0.2, 0.25) is 5.02 Å². The summed E-state index contributed by atoms with van der Waals surface area (Å²) in [6.07, 6.45) is 4.32. The summed E-state index contributed by atoms with van der Waals surface area (Å²) in [5.74, 6) is 0.195. The third-order valence-electron chi connectivity index (χ3n) is 4.67. The highest BCUT2D eigenvalue weighted by molar-refractivity contribution is 7.90. The van der Waals surface area contributed by atoms with Gasteiger partial charge in [0.15, 0.2) is 0 Å². The molecule has 1 aromatic rings. The summed E-state index contributed by atoms with van der Waals surface area (Å²) in [6, 6.07) is 2.92. The lowest BCUT2D eigenvalue weighted by atomic mass is 10.1. The number of amidine groups is 1. The maximum Gasteiger partial charge on any atom is 0.286 e. The van der Waals surface area contributed by atoms with Gasteiger partial charge in [-0.1, -0.05) is 24.9 Å². The predicted octanol–water partition coefficient (Wildman–Crippen LogP) is 3.35. The Kier molecular flexibility index (Phi) is 5.06. The van der Waals surface area contributed by atoms with Crippen molar-refractivity contribution in [1.29, 1.82) is 0 Å². The van der Waals surface area contributed by atoms with E-state index in [4.69, 9.17) is 11.6 Å². The summed E-state index contributed by atoms with van der Waals surface area (Å²) in [5.41, 5.74) is 0.690. The molecule has 2 aliphatic rings. The molecule has 2 aliphatic heterocycles. The molecule has 136 valence electrons. The van der Waals surface area contributed by atoms with Gasteiger partial charge in [0.05, 0.1) is 16.3 Å². The summed E-state index contributed by atoms with van der Waals surface area (Å²) < 4.78 is 29.2. The molecule has 6 nitrogen and oxygen atoms in total. The molecule has 0 radical (unpaired) electrons. The fourth-order valence-electron chi connectivity index (χ4n) is 3.07. The van der Waals surface area contributed by atoms with Crippen molar-refractivity contribution in [3.8, 4) is 0 Å². The van der Waals surface area contributed by atoms with E-state index in [-0.39, 0.29) is 27.4 Å². The van der Waals surface area contributed by atoms with Crippen molar-refractivity contribution in [3.63, 3.8) is 0 Å². The molecule has 0 saturated carbocycles. The molecular weight excluding hydrogens is 362 g/mol. The van der Waals surface area contributed by atoms with Crippen LogP contribution in [0.4, 0.5) is 5.69 Å². The molecular formula is C17H22ClN3O3S. The quantitative estimate of drug-likeness (QED) is 0.868. The minimum Gasteiger partial charge on any atom is -0.350 e. The number of amides is 1. The number of anilines is 1. The monoisotopic (exact) mass is 383 g/mol. The minimum atomic E-state index is -3.83. The Balaban J connectivity index is 2.07. The van der Waals surface area contributed by atoms with Crippen LogP contribution in [-0.4, -0.2) is 32.7 Å². The zero-order valence-electron chi connectivity index (χ0n) is 14.4. The van der Waals surface area contributed by atoms with Gasteiger partial charge in [-0.2, -0.15) is 8.42 Å². The Bertz CT molecular complexity index is 836. The SMILES string of the molecule is CCC(C)NC(=O)c1cc2c(cc1Cl)N1CCCCCC1=NS2(=O)=O. The Hall–Kier alpha value is -1.60. The molecule has 1 fully saturated rings. The van der Waals surface area contributed by atoms with Gasteiger partial charge in [-0.05, 0) is 38.3 Å². The molecule has 0 aromatic heterocycles. The van der Waals surface area contributed by atoms with E-state index in [2.05, 4.69) is 9.71 Å². The van der Waals surface area contributed by atoms with Crippen molar-refractivity contribution in [2.45, 2.75) is 56.9 Å². The number of nitrogens with zero attached hydrogens (tertiary/aromatic N) is 2. The van der Waals surface area contributed by atoms with E-state index in [1.54, 1.807) is 6.07 Å². The highest BCUT2D eigenvalue weighted by Crippen LogP contribution is 2.37. The fraction of sp³-hybridized carbons (Fsp3) is 0.529. The van der Waals surface area contributed by atoms with Crippen LogP contribution >= 0.6 is 11.6 Å². The van der Waals surface area contributed by atoms with Crippen LogP contribution in [-0.2, 0) is 10.0 Å². The van der Waals surface area contributed by atoms with Crippen molar-refractivity contribution >= 4 is 39.1 Å². The maximum atomic E-state index is 12.6. The molecule has 1 unspecified atom stereocenters. The average molecular weight is 384 g/mol. The van der Waals surface area contributed by atoms with Crippen LogP contribution < -0.4 is 10.2 Å². The Morgan fingerprint density at radius 1 is 1.36 bits per heavy atom. The number of rotatable bonds is 3. The van der Waals surface area contributed by atoms with E-state index in [0.717, 1.165) is 25.7 Å². The minimum absolute atomic E-state index is 0.0218. The average Bonchev–Trinajstić information content (AvgIpc) is 2.78. The van der Waals surface area contributed by atoms with Gasteiger partial charge in [-0.15, -0.1) is 4.40 Å². The summed E-state index contributed by atoms with van der Waals surface area (Å²) in [5, 5.41) is 3.07. The van der Waals surface area contributed by atoms with E-state index >= 15 is 0 Å². The van der Waals surface area contributed by atoms with Crippen LogP contribution in [0.1, 0.15) is 56.3 Å². The van der Waals surface area contributed by atoms with Crippen molar-refractivity contribution in [1.82, 2.24) is 5.32 Å². The Morgan fingerprint density at radius 3 is 2.84 bits per heavy atom. The molecule has 1 amide bonds. The molecule has 1 atom stereocenters. The first kappa shape index (κ1) is 18.2. The summed E-state index contributed by atoms with van der Waals surface area (Å²) >= 11 is 6.33. The molecule has 3 rings (SSSR count). The van der Waals surface area contributed by atoms with Gasteiger partial charge in [-0.3, -0.25) is 4.79 Å². The number of halogens is 1. The lowest BCUT2D eigenvalue weighted by molar-refractivity contribution is 0.0939. The first-order valence-electron chi connectivity index (χ1n) is 8.59. The van der Waals surface area contributed by atoms with Gasteiger partial charge in [0.25, 0.3) is 15.9 Å². The van der Waals surface area contributed by atoms with Gasteiger partial charge >= 0.3 is 0 Å². The fourth-order valence-corrected chi connectivity index (χ4v) is 4.58. The number of benzene rings is 1. The lowest BCUT2D eigenvalue weighted by Gasteiger charge is -2.30.